The first-order valence-electron chi connectivity index (χ1n) is 10.1. The molecule has 2 amide bonds. The van der Waals surface area contributed by atoms with Crippen LogP contribution in [0, 0.1) is 0 Å². The third-order valence-electron chi connectivity index (χ3n) is 5.53. The molecule has 1 aliphatic heterocycles. The largest absolute Gasteiger partial charge is 0.467 e. The van der Waals surface area contributed by atoms with Crippen LogP contribution < -0.4 is 5.32 Å². The normalized spacial score (nSPS) is 16.2. The highest BCUT2D eigenvalue weighted by molar-refractivity contribution is 6.42. The number of hydrogen-bond acceptors (Lipinski definition) is 4. The first kappa shape index (κ1) is 22.2. The summed E-state index contributed by atoms with van der Waals surface area (Å²) in [4.78, 5) is 35.1. The lowest BCUT2D eigenvalue weighted by atomic mass is 9.95. The van der Waals surface area contributed by atoms with E-state index in [2.05, 4.69) is 15.3 Å². The Kier molecular flexibility index (Phi) is 6.67. The number of urea groups is 1. The van der Waals surface area contributed by atoms with Gasteiger partial charge in [0.25, 0.3) is 0 Å². The minimum Gasteiger partial charge on any atom is -0.467 e. The van der Waals surface area contributed by atoms with Gasteiger partial charge in [-0.1, -0.05) is 65.7 Å². The monoisotopic (exact) mass is 472 g/mol. The zero-order valence-corrected chi connectivity index (χ0v) is 18.9. The van der Waals surface area contributed by atoms with E-state index in [1.165, 1.54) is 7.11 Å². The summed E-state index contributed by atoms with van der Waals surface area (Å²) < 4.78 is 4.93. The highest BCUT2D eigenvalue weighted by Gasteiger charge is 2.37. The molecular weight excluding hydrogens is 451 g/mol. The molecule has 3 aromatic rings. The topological polar surface area (TPSA) is 87.3 Å². The van der Waals surface area contributed by atoms with Gasteiger partial charge in [0.1, 0.15) is 12.1 Å². The fourth-order valence-electron chi connectivity index (χ4n) is 3.96. The Labute approximate surface area is 195 Å². The Bertz CT molecular complexity index is 1120. The fraction of sp³-hybridized carbons (Fsp3) is 0.261. The molecule has 0 spiro atoms. The van der Waals surface area contributed by atoms with Gasteiger partial charge in [-0.05, 0) is 11.6 Å². The van der Waals surface area contributed by atoms with Crippen LogP contribution in [0.1, 0.15) is 28.6 Å². The number of carbonyl (C=O) groups is 2. The zero-order valence-electron chi connectivity index (χ0n) is 17.3. The molecule has 0 saturated carbocycles. The number of benzene rings is 2. The van der Waals surface area contributed by atoms with Gasteiger partial charge in [-0.15, -0.1) is 0 Å². The maximum absolute atomic E-state index is 13.4. The highest BCUT2D eigenvalue weighted by atomic mass is 35.5. The predicted molar refractivity (Wildman–Crippen MR) is 122 cm³/mol. The van der Waals surface area contributed by atoms with Crippen molar-refractivity contribution in [3.8, 4) is 0 Å². The van der Waals surface area contributed by atoms with E-state index in [-0.39, 0.29) is 0 Å². The average molecular weight is 473 g/mol. The maximum Gasteiger partial charge on any atom is 0.328 e. The quantitative estimate of drug-likeness (QED) is 0.545. The van der Waals surface area contributed by atoms with Crippen LogP contribution in [-0.4, -0.2) is 46.6 Å². The summed E-state index contributed by atoms with van der Waals surface area (Å²) in [5.41, 5.74) is 3.21. The molecule has 2 atom stereocenters. The van der Waals surface area contributed by atoms with Crippen LogP contribution in [0.4, 0.5) is 4.79 Å². The number of rotatable bonds is 5. The molecular formula is C23H22Cl2N4O3. The van der Waals surface area contributed by atoms with E-state index in [1.54, 1.807) is 23.4 Å². The minimum absolute atomic E-state index is 0.309. The highest BCUT2D eigenvalue weighted by Crippen LogP contribution is 2.39. The van der Waals surface area contributed by atoms with Crippen molar-refractivity contribution < 1.29 is 14.3 Å². The van der Waals surface area contributed by atoms with Gasteiger partial charge in [0, 0.05) is 30.6 Å². The van der Waals surface area contributed by atoms with Crippen LogP contribution >= 0.6 is 23.2 Å². The van der Waals surface area contributed by atoms with Gasteiger partial charge in [-0.2, -0.15) is 0 Å². The van der Waals surface area contributed by atoms with Crippen molar-refractivity contribution in [2.24, 2.45) is 0 Å². The number of nitrogens with one attached hydrogen (secondary N) is 2. The number of carbonyl (C=O) groups excluding carboxylic acids is 2. The standard InChI is InChI=1S/C23H22Cl2N4O3/c1-32-22(30)18(12-14-6-3-2-4-7-14)28-23(31)29-11-10-17-20(27-13-26-17)21(29)15-8-5-9-16(24)19(15)25/h2-9,13,18,21H,10-12H2,1H3,(H,26,27)(H,28,31)/t18-,21-/m0/s1. The average Bonchev–Trinajstić information content (AvgIpc) is 3.29. The Hall–Kier alpha value is -3.03. The van der Waals surface area contributed by atoms with Crippen molar-refractivity contribution in [3.63, 3.8) is 0 Å². The van der Waals surface area contributed by atoms with E-state index in [1.807, 2.05) is 36.4 Å². The second kappa shape index (κ2) is 9.63. The van der Waals surface area contributed by atoms with Gasteiger partial charge in [-0.25, -0.2) is 14.6 Å². The molecule has 0 radical (unpaired) electrons. The molecule has 7 nitrogen and oxygen atoms in total. The number of halogens is 2. The van der Waals surface area contributed by atoms with Gasteiger partial charge in [0.05, 0.1) is 29.2 Å². The van der Waals surface area contributed by atoms with Crippen LogP contribution in [0.3, 0.4) is 0 Å². The minimum atomic E-state index is -0.842. The second-order valence-corrected chi connectivity index (χ2v) is 8.26. The molecule has 32 heavy (non-hydrogen) atoms. The van der Waals surface area contributed by atoms with E-state index in [0.717, 1.165) is 11.3 Å². The van der Waals surface area contributed by atoms with Crippen LogP contribution in [0.2, 0.25) is 10.0 Å². The summed E-state index contributed by atoms with van der Waals surface area (Å²) in [5, 5.41) is 3.60. The lowest BCUT2D eigenvalue weighted by Crippen LogP contribution is -2.52. The number of fused-ring (bicyclic) bond motifs is 1. The molecule has 2 N–H and O–H groups in total. The number of esters is 1. The molecule has 0 fully saturated rings. The fourth-order valence-corrected chi connectivity index (χ4v) is 4.37. The SMILES string of the molecule is COC(=O)[C@H](Cc1ccccc1)NC(=O)N1CCc2[nH]cnc2[C@@H]1c1cccc(Cl)c1Cl. The molecule has 4 rings (SSSR count). The van der Waals surface area contributed by atoms with Crippen molar-refractivity contribution in [2.45, 2.75) is 24.9 Å². The molecule has 2 heterocycles. The van der Waals surface area contributed by atoms with Crippen LogP contribution in [0.15, 0.2) is 54.9 Å². The van der Waals surface area contributed by atoms with E-state index < -0.39 is 24.1 Å². The first-order valence-corrected chi connectivity index (χ1v) is 10.9. The number of amides is 2. The number of aromatic amines is 1. The molecule has 9 heteroatoms. The first-order chi connectivity index (χ1) is 15.5. The van der Waals surface area contributed by atoms with Gasteiger partial charge < -0.3 is 19.9 Å². The lowest BCUT2D eigenvalue weighted by Gasteiger charge is -2.36. The van der Waals surface area contributed by atoms with Crippen molar-refractivity contribution in [2.75, 3.05) is 13.7 Å². The number of imidazole rings is 1. The molecule has 0 unspecified atom stereocenters. The number of nitrogens with zero attached hydrogens (tertiary/aromatic N) is 2. The van der Waals surface area contributed by atoms with Crippen molar-refractivity contribution >= 4 is 35.2 Å². The van der Waals surface area contributed by atoms with Crippen LogP contribution in [-0.2, 0) is 22.4 Å². The van der Waals surface area contributed by atoms with Crippen LogP contribution in [0.25, 0.3) is 0 Å². The number of ether oxygens (including phenoxy) is 1. The molecule has 1 aliphatic rings. The number of hydrogen-bond donors (Lipinski definition) is 2. The third kappa shape index (κ3) is 4.45. The number of aromatic nitrogens is 2. The van der Waals surface area contributed by atoms with E-state index in [0.29, 0.717) is 40.7 Å². The van der Waals surface area contributed by atoms with Gasteiger partial charge >= 0.3 is 12.0 Å². The molecule has 1 aromatic heterocycles. The summed E-state index contributed by atoms with van der Waals surface area (Å²) in [7, 11) is 1.30. The van der Waals surface area contributed by atoms with E-state index in [9.17, 15) is 9.59 Å². The van der Waals surface area contributed by atoms with Crippen molar-refractivity contribution in [3.05, 3.63) is 87.4 Å². The summed E-state index contributed by atoms with van der Waals surface area (Å²) in [6.45, 7) is 0.410. The molecule has 166 valence electrons. The van der Waals surface area contributed by atoms with Crippen molar-refractivity contribution in [1.82, 2.24) is 20.2 Å². The van der Waals surface area contributed by atoms with Crippen LogP contribution in [0.5, 0.6) is 0 Å². The summed E-state index contributed by atoms with van der Waals surface area (Å²) in [6.07, 6.45) is 2.51. The number of methoxy groups -OCH3 is 1. The Balaban J connectivity index is 1.64. The summed E-state index contributed by atoms with van der Waals surface area (Å²) >= 11 is 12.8. The summed E-state index contributed by atoms with van der Waals surface area (Å²) in [5.74, 6) is -0.517. The molecule has 0 aliphatic carbocycles. The zero-order chi connectivity index (χ0) is 22.7. The third-order valence-corrected chi connectivity index (χ3v) is 6.36. The smallest absolute Gasteiger partial charge is 0.328 e. The predicted octanol–water partition coefficient (Wildman–Crippen LogP) is 4.16. The Morgan fingerprint density at radius 1 is 1.22 bits per heavy atom. The van der Waals surface area contributed by atoms with E-state index in [4.69, 9.17) is 27.9 Å². The van der Waals surface area contributed by atoms with Gasteiger partial charge in [-0.3, -0.25) is 0 Å². The lowest BCUT2D eigenvalue weighted by molar-refractivity contribution is -0.142. The van der Waals surface area contributed by atoms with Crippen molar-refractivity contribution in [1.29, 1.82) is 0 Å². The molecule has 0 saturated heterocycles. The van der Waals surface area contributed by atoms with Gasteiger partial charge in [0.15, 0.2) is 0 Å². The summed E-state index contributed by atoms with van der Waals surface area (Å²) in [6, 6.07) is 12.9. The Morgan fingerprint density at radius 3 is 2.75 bits per heavy atom. The maximum atomic E-state index is 13.4. The second-order valence-electron chi connectivity index (χ2n) is 7.47. The van der Waals surface area contributed by atoms with Gasteiger partial charge in [0.2, 0.25) is 0 Å². The number of H-pyrrole nitrogens is 1. The Morgan fingerprint density at radius 2 is 2.00 bits per heavy atom. The molecule has 0 bridgehead atoms. The molecule has 2 aromatic carbocycles. The van der Waals surface area contributed by atoms with E-state index >= 15 is 0 Å².